The number of piperazine rings is 1. The molecule has 0 spiro atoms. The highest BCUT2D eigenvalue weighted by molar-refractivity contribution is 5.24. The van der Waals surface area contributed by atoms with E-state index in [1.165, 1.54) is 24.9 Å². The highest BCUT2D eigenvalue weighted by Gasteiger charge is 2.19. The average molecular weight is 290 g/mol. The molecule has 1 atom stereocenters. The summed E-state index contributed by atoms with van der Waals surface area (Å²) in [5.41, 5.74) is 2.41. The van der Waals surface area contributed by atoms with E-state index >= 15 is 0 Å². The fourth-order valence-electron chi connectivity index (χ4n) is 3.06. The molecule has 0 aliphatic carbocycles. The van der Waals surface area contributed by atoms with Crippen molar-refractivity contribution in [2.45, 2.75) is 39.2 Å². The smallest absolute Gasteiger partial charge is 0.0916 e. The molecule has 1 heterocycles. The van der Waals surface area contributed by atoms with Crippen LogP contribution in [0.15, 0.2) is 24.3 Å². The molecule has 21 heavy (non-hydrogen) atoms. The minimum Gasteiger partial charge on any atom is -0.387 e. The Bertz CT molecular complexity index is 396. The second-order valence-electron chi connectivity index (χ2n) is 6.15. The molecule has 3 heteroatoms. The van der Waals surface area contributed by atoms with Crippen LogP contribution in [-0.4, -0.2) is 54.2 Å². The van der Waals surface area contributed by atoms with Gasteiger partial charge in [-0.2, -0.15) is 0 Å². The van der Waals surface area contributed by atoms with E-state index in [1.54, 1.807) is 0 Å². The predicted molar refractivity (Wildman–Crippen MR) is 88.6 cm³/mol. The van der Waals surface area contributed by atoms with E-state index in [0.29, 0.717) is 0 Å². The van der Waals surface area contributed by atoms with Gasteiger partial charge < -0.3 is 10.0 Å². The molecule has 0 aromatic heterocycles. The molecular weight excluding hydrogens is 260 g/mol. The van der Waals surface area contributed by atoms with Gasteiger partial charge in [-0.25, -0.2) is 0 Å². The van der Waals surface area contributed by atoms with E-state index in [4.69, 9.17) is 0 Å². The maximum atomic E-state index is 10.4. The number of benzene rings is 1. The van der Waals surface area contributed by atoms with E-state index in [-0.39, 0.29) is 6.10 Å². The molecule has 0 bridgehead atoms. The maximum Gasteiger partial charge on any atom is 0.0916 e. The van der Waals surface area contributed by atoms with Crippen molar-refractivity contribution < 1.29 is 5.11 Å². The second kappa shape index (κ2) is 8.52. The first-order valence-electron chi connectivity index (χ1n) is 8.44. The third kappa shape index (κ3) is 5.10. The fraction of sp³-hybridized carbons (Fsp3) is 0.667. The molecule has 1 aromatic rings. The van der Waals surface area contributed by atoms with Crippen molar-refractivity contribution in [2.24, 2.45) is 0 Å². The first-order chi connectivity index (χ1) is 10.2. The van der Waals surface area contributed by atoms with Gasteiger partial charge in [0.15, 0.2) is 0 Å². The van der Waals surface area contributed by atoms with Crippen LogP contribution in [0.25, 0.3) is 0 Å². The zero-order valence-electron chi connectivity index (χ0n) is 13.6. The normalized spacial score (nSPS) is 18.8. The Morgan fingerprint density at radius 1 is 0.952 bits per heavy atom. The molecule has 0 radical (unpaired) electrons. The van der Waals surface area contributed by atoms with Crippen molar-refractivity contribution in [3.05, 3.63) is 35.4 Å². The van der Waals surface area contributed by atoms with Crippen LogP contribution >= 0.6 is 0 Å². The van der Waals surface area contributed by atoms with Crippen LogP contribution in [0.4, 0.5) is 0 Å². The Labute approximate surface area is 129 Å². The van der Waals surface area contributed by atoms with Crippen LogP contribution < -0.4 is 0 Å². The van der Waals surface area contributed by atoms with Crippen molar-refractivity contribution in [2.75, 3.05) is 39.3 Å². The van der Waals surface area contributed by atoms with Crippen molar-refractivity contribution in [1.29, 1.82) is 0 Å². The van der Waals surface area contributed by atoms with E-state index < -0.39 is 0 Å². The summed E-state index contributed by atoms with van der Waals surface area (Å²) in [5.74, 6) is 0. The molecular formula is C18H30N2O. The number of hydrogen-bond donors (Lipinski definition) is 1. The number of rotatable bonds is 7. The van der Waals surface area contributed by atoms with Crippen LogP contribution in [0, 0.1) is 0 Å². The molecule has 0 amide bonds. The quantitative estimate of drug-likeness (QED) is 0.836. The van der Waals surface area contributed by atoms with Gasteiger partial charge >= 0.3 is 0 Å². The lowest BCUT2D eigenvalue weighted by Crippen LogP contribution is -2.47. The largest absolute Gasteiger partial charge is 0.387 e. The zero-order chi connectivity index (χ0) is 15.1. The van der Waals surface area contributed by atoms with Gasteiger partial charge in [0.1, 0.15) is 0 Å². The summed E-state index contributed by atoms with van der Waals surface area (Å²) in [5, 5.41) is 10.4. The first kappa shape index (κ1) is 16.5. The Kier molecular flexibility index (Phi) is 6.68. The molecule has 118 valence electrons. The molecule has 1 fully saturated rings. The van der Waals surface area contributed by atoms with Gasteiger partial charge in [-0.1, -0.05) is 44.5 Å². The lowest BCUT2D eigenvalue weighted by atomic mass is 10.0. The maximum absolute atomic E-state index is 10.4. The number of β-amino-alcohol motifs (C(OH)–C–C–N with tert-alkyl or cyclic N) is 1. The van der Waals surface area contributed by atoms with Gasteiger partial charge in [0.25, 0.3) is 0 Å². The summed E-state index contributed by atoms with van der Waals surface area (Å²) < 4.78 is 0. The molecule has 2 rings (SSSR count). The van der Waals surface area contributed by atoms with Crippen molar-refractivity contribution in [1.82, 2.24) is 9.80 Å². The minimum atomic E-state index is -0.363. The summed E-state index contributed by atoms with van der Waals surface area (Å²) in [6.45, 7) is 10.8. The molecule has 1 N–H and O–H groups in total. The van der Waals surface area contributed by atoms with Crippen LogP contribution in [0.3, 0.4) is 0 Å². The number of nitrogens with zero attached hydrogens (tertiary/aromatic N) is 2. The summed E-state index contributed by atoms with van der Waals surface area (Å²) in [7, 11) is 0. The lowest BCUT2D eigenvalue weighted by molar-refractivity contribution is 0.0726. The van der Waals surface area contributed by atoms with Crippen LogP contribution in [0.1, 0.15) is 43.9 Å². The number of aliphatic hydroxyl groups is 1. The van der Waals surface area contributed by atoms with Crippen molar-refractivity contribution >= 4 is 0 Å². The third-order valence-corrected chi connectivity index (χ3v) is 4.34. The zero-order valence-corrected chi connectivity index (χ0v) is 13.6. The second-order valence-corrected chi connectivity index (χ2v) is 6.15. The minimum absolute atomic E-state index is 0.363. The highest BCUT2D eigenvalue weighted by atomic mass is 16.3. The average Bonchev–Trinajstić information content (AvgIpc) is 2.50. The lowest BCUT2D eigenvalue weighted by Gasteiger charge is -2.35. The topological polar surface area (TPSA) is 26.7 Å². The van der Waals surface area contributed by atoms with Gasteiger partial charge in [0.05, 0.1) is 6.10 Å². The molecule has 1 aliphatic rings. The SMILES string of the molecule is CCCc1ccc(C(O)CN2CCN(CCC)CC2)cc1. The Hall–Kier alpha value is -0.900. The molecule has 1 saturated heterocycles. The Morgan fingerprint density at radius 3 is 2.14 bits per heavy atom. The van der Waals surface area contributed by atoms with Gasteiger partial charge in [-0.05, 0) is 30.5 Å². The summed E-state index contributed by atoms with van der Waals surface area (Å²) in [6, 6.07) is 8.48. The molecule has 1 aliphatic heterocycles. The summed E-state index contributed by atoms with van der Waals surface area (Å²) in [6.07, 6.45) is 3.16. The number of hydrogen-bond acceptors (Lipinski definition) is 3. The van der Waals surface area contributed by atoms with Crippen LogP contribution in [-0.2, 0) is 6.42 Å². The van der Waals surface area contributed by atoms with E-state index in [2.05, 4.69) is 47.9 Å². The molecule has 3 nitrogen and oxygen atoms in total. The molecule has 0 saturated carbocycles. The van der Waals surface area contributed by atoms with Gasteiger partial charge in [0.2, 0.25) is 0 Å². The predicted octanol–water partition coefficient (Wildman–Crippen LogP) is 2.70. The van der Waals surface area contributed by atoms with Crippen LogP contribution in [0.5, 0.6) is 0 Å². The molecule has 1 unspecified atom stereocenters. The standard InChI is InChI=1S/C18H30N2O/c1-3-5-16-6-8-17(9-7-16)18(21)15-20-13-11-19(10-4-2)12-14-20/h6-9,18,21H,3-5,10-15H2,1-2H3. The van der Waals surface area contributed by atoms with Crippen molar-refractivity contribution in [3.8, 4) is 0 Å². The highest BCUT2D eigenvalue weighted by Crippen LogP contribution is 2.17. The van der Waals surface area contributed by atoms with Gasteiger partial charge in [0, 0.05) is 32.7 Å². The summed E-state index contributed by atoms with van der Waals surface area (Å²) in [4.78, 5) is 4.90. The first-order valence-corrected chi connectivity index (χ1v) is 8.44. The van der Waals surface area contributed by atoms with Crippen molar-refractivity contribution in [3.63, 3.8) is 0 Å². The van der Waals surface area contributed by atoms with E-state index in [1.807, 2.05) is 0 Å². The fourth-order valence-corrected chi connectivity index (χ4v) is 3.06. The summed E-state index contributed by atoms with van der Waals surface area (Å²) >= 11 is 0. The van der Waals surface area contributed by atoms with Crippen LogP contribution in [0.2, 0.25) is 0 Å². The number of aliphatic hydroxyl groups excluding tert-OH is 1. The van der Waals surface area contributed by atoms with Gasteiger partial charge in [-0.15, -0.1) is 0 Å². The monoisotopic (exact) mass is 290 g/mol. The van der Waals surface area contributed by atoms with Gasteiger partial charge in [-0.3, -0.25) is 4.90 Å². The third-order valence-electron chi connectivity index (χ3n) is 4.34. The molecule has 1 aromatic carbocycles. The number of aryl methyl sites for hydroxylation is 1. The van der Waals surface area contributed by atoms with E-state index in [9.17, 15) is 5.11 Å². The Balaban J connectivity index is 1.80. The van der Waals surface area contributed by atoms with E-state index in [0.717, 1.165) is 44.7 Å². The Morgan fingerprint density at radius 2 is 1.57 bits per heavy atom.